The quantitative estimate of drug-likeness (QED) is 0.0997. The lowest BCUT2D eigenvalue weighted by atomic mass is 9.86. The lowest BCUT2D eigenvalue weighted by Gasteiger charge is -2.35. The van der Waals surface area contributed by atoms with Crippen LogP contribution in [0.3, 0.4) is 0 Å². The van der Waals surface area contributed by atoms with E-state index in [9.17, 15) is 0 Å². The van der Waals surface area contributed by atoms with E-state index in [1.165, 1.54) is 70.7 Å². The molecule has 12 rings (SSSR count). The van der Waals surface area contributed by atoms with Gasteiger partial charge in [0.1, 0.15) is 0 Å². The lowest BCUT2D eigenvalue weighted by Crippen LogP contribution is -2.18. The van der Waals surface area contributed by atoms with Crippen LogP contribution in [0.4, 0.5) is 34.1 Å². The summed E-state index contributed by atoms with van der Waals surface area (Å²) in [6.07, 6.45) is 0. The van der Waals surface area contributed by atoms with Gasteiger partial charge in [-0.3, -0.25) is 0 Å². The molecule has 334 valence electrons. The number of rotatable bonds is 10. The zero-order valence-electron chi connectivity index (χ0n) is 40.1. The van der Waals surface area contributed by atoms with E-state index in [4.69, 9.17) is 0 Å². The molecule has 0 fully saturated rings. The van der Waals surface area contributed by atoms with Gasteiger partial charge >= 0.3 is 0 Å². The molecule has 0 N–H and O–H groups in total. The first kappa shape index (κ1) is 42.6. The molecule has 0 aliphatic carbocycles. The van der Waals surface area contributed by atoms with Gasteiger partial charge < -0.3 is 9.80 Å². The van der Waals surface area contributed by atoms with Gasteiger partial charge in [0, 0.05) is 28.1 Å². The van der Waals surface area contributed by atoms with Crippen LogP contribution in [0.1, 0.15) is 44.5 Å². The molecule has 0 aromatic heterocycles. The van der Waals surface area contributed by atoms with Gasteiger partial charge in [0.25, 0.3) is 0 Å². The maximum absolute atomic E-state index is 4.58. The molecule has 0 aliphatic heterocycles. The fraction of sp³-hybridized carbons (Fsp3) is 0.0588. The summed E-state index contributed by atoms with van der Waals surface area (Å²) in [5.41, 5.74) is 17.6. The van der Waals surface area contributed by atoms with Gasteiger partial charge in [0.05, 0.1) is 11.4 Å². The van der Waals surface area contributed by atoms with E-state index in [1.807, 2.05) is 0 Å². The van der Waals surface area contributed by atoms with Crippen LogP contribution in [0.15, 0.2) is 232 Å². The van der Waals surface area contributed by atoms with Crippen molar-refractivity contribution in [3.63, 3.8) is 0 Å². The minimum absolute atomic E-state index is 0.995. The first-order valence-electron chi connectivity index (χ1n) is 24.2. The summed E-state index contributed by atoms with van der Waals surface area (Å²) in [4.78, 5) is 4.94. The molecule has 0 amide bonds. The van der Waals surface area contributed by atoms with Crippen LogP contribution in [0.2, 0.25) is 0 Å². The molecule has 0 radical (unpaired) electrons. The zero-order valence-corrected chi connectivity index (χ0v) is 40.1. The van der Waals surface area contributed by atoms with E-state index >= 15 is 0 Å². The van der Waals surface area contributed by atoms with E-state index < -0.39 is 0 Å². The van der Waals surface area contributed by atoms with Crippen molar-refractivity contribution < 1.29 is 0 Å². The van der Waals surface area contributed by atoms with Crippen LogP contribution in [0, 0.1) is 27.7 Å². The highest BCUT2D eigenvalue weighted by Crippen LogP contribution is 2.54. The summed E-state index contributed by atoms with van der Waals surface area (Å²) in [5, 5.41) is 12.4. The van der Waals surface area contributed by atoms with Crippen molar-refractivity contribution in [1.82, 2.24) is 0 Å². The highest BCUT2D eigenvalue weighted by Gasteiger charge is 2.28. The number of anilines is 6. The minimum Gasteiger partial charge on any atom is -0.308 e. The normalized spacial score (nSPS) is 11.5. The van der Waals surface area contributed by atoms with Gasteiger partial charge in [0.2, 0.25) is 0 Å². The van der Waals surface area contributed by atoms with Crippen molar-refractivity contribution in [3.05, 3.63) is 276 Å². The Kier molecular flexibility index (Phi) is 10.4. The Morgan fingerprint density at radius 1 is 0.300 bits per heavy atom. The molecular weight excluding hydrogens is 845 g/mol. The smallest absolute Gasteiger partial charge is 0.0782 e. The van der Waals surface area contributed by atoms with Gasteiger partial charge in [-0.25, -0.2) is 0 Å². The zero-order chi connectivity index (χ0) is 47.6. The Bertz CT molecular complexity index is 3960. The van der Waals surface area contributed by atoms with Crippen molar-refractivity contribution in [1.29, 1.82) is 0 Å². The Morgan fingerprint density at radius 2 is 0.686 bits per heavy atom. The Labute approximate surface area is 410 Å². The summed E-state index contributed by atoms with van der Waals surface area (Å²) in [5.74, 6) is 0. The molecule has 0 saturated heterocycles. The second-order valence-corrected chi connectivity index (χ2v) is 19.0. The first-order valence-corrected chi connectivity index (χ1v) is 24.2. The van der Waals surface area contributed by atoms with Crippen LogP contribution >= 0.6 is 0 Å². The number of fused-ring (bicyclic) bond motifs is 4. The predicted octanol–water partition coefficient (Wildman–Crippen LogP) is 19.2. The van der Waals surface area contributed by atoms with Crippen LogP contribution in [-0.4, -0.2) is 0 Å². The fourth-order valence-corrected chi connectivity index (χ4v) is 10.6. The summed E-state index contributed by atoms with van der Waals surface area (Å²) in [6, 6.07) is 80.6. The molecule has 12 aromatic rings. The number of nitrogens with zero attached hydrogens (tertiary/aromatic N) is 2. The number of benzene rings is 12. The third-order valence-electron chi connectivity index (χ3n) is 14.4. The van der Waals surface area contributed by atoms with Crippen molar-refractivity contribution in [3.8, 4) is 0 Å². The third-order valence-corrected chi connectivity index (χ3v) is 14.4. The second kappa shape index (κ2) is 17.1. The molecule has 0 aliphatic rings. The summed E-state index contributed by atoms with van der Waals surface area (Å²) < 4.78 is 0. The van der Waals surface area contributed by atoms with E-state index in [0.717, 1.165) is 72.9 Å². The minimum atomic E-state index is 0.995. The van der Waals surface area contributed by atoms with E-state index in [2.05, 4.69) is 269 Å². The summed E-state index contributed by atoms with van der Waals surface area (Å²) in [7, 11) is 0. The van der Waals surface area contributed by atoms with Gasteiger partial charge in [-0.05, 0) is 170 Å². The van der Waals surface area contributed by atoms with Crippen LogP contribution in [0.25, 0.3) is 65.0 Å². The molecule has 0 saturated carbocycles. The summed E-state index contributed by atoms with van der Waals surface area (Å²) >= 11 is 0. The Balaban J connectivity index is 1.18. The molecular formula is C68H52N2. The van der Waals surface area contributed by atoms with E-state index in [0.29, 0.717) is 0 Å². The molecule has 0 bridgehead atoms. The van der Waals surface area contributed by atoms with Crippen molar-refractivity contribution in [2.75, 3.05) is 9.80 Å². The number of hydrogen-bond acceptors (Lipinski definition) is 2. The van der Waals surface area contributed by atoms with E-state index in [1.54, 1.807) is 0 Å². The second-order valence-electron chi connectivity index (χ2n) is 19.0. The van der Waals surface area contributed by atoms with Crippen molar-refractivity contribution >= 4 is 99.1 Å². The fourth-order valence-electron chi connectivity index (χ4n) is 10.6. The van der Waals surface area contributed by atoms with Crippen molar-refractivity contribution in [2.45, 2.75) is 27.7 Å². The number of hydrogen-bond donors (Lipinski definition) is 0. The largest absolute Gasteiger partial charge is 0.308 e. The molecule has 12 aromatic carbocycles. The van der Waals surface area contributed by atoms with Gasteiger partial charge in [0.15, 0.2) is 0 Å². The highest BCUT2D eigenvalue weighted by molar-refractivity contribution is 6.39. The summed E-state index contributed by atoms with van der Waals surface area (Å²) in [6.45, 7) is 17.7. The lowest BCUT2D eigenvalue weighted by molar-refractivity contribution is 1.23. The molecule has 70 heavy (non-hydrogen) atoms. The van der Waals surface area contributed by atoms with Gasteiger partial charge in [-0.2, -0.15) is 0 Å². The molecule has 0 heterocycles. The van der Waals surface area contributed by atoms with E-state index in [-0.39, 0.29) is 0 Å². The average molecular weight is 897 g/mol. The maximum Gasteiger partial charge on any atom is 0.0782 e. The molecule has 2 nitrogen and oxygen atoms in total. The number of aryl methyl sites for hydroxylation is 4. The molecule has 0 atom stereocenters. The molecule has 0 unspecified atom stereocenters. The monoisotopic (exact) mass is 896 g/mol. The van der Waals surface area contributed by atoms with Crippen molar-refractivity contribution in [2.24, 2.45) is 0 Å². The van der Waals surface area contributed by atoms with Gasteiger partial charge in [-0.15, -0.1) is 0 Å². The third kappa shape index (κ3) is 7.28. The average Bonchev–Trinajstić information content (AvgIpc) is 3.39. The standard InChI is InChI=1S/C68H52N2/c1-43-17-25-49(26-18-43)47(5)51-29-37-56(38-30-51)69(55-33-21-45(3)22-34-55)64-42-63-60-14-9-12-54-41-53-11-7-8-13-59(53)67(65(54)60)61-15-10-16-62(66(61)63)68(64)70(57-35-23-46(4)24-36-57)58-39-31-52(32-40-58)48(6)50-27-19-44(2)20-28-50/h7-42H,5-6H2,1-4H3. The molecule has 0 spiro atoms. The topological polar surface area (TPSA) is 6.48 Å². The van der Waals surface area contributed by atoms with Gasteiger partial charge in [-0.1, -0.05) is 193 Å². The van der Waals surface area contributed by atoms with Crippen LogP contribution in [-0.2, 0) is 0 Å². The Hall–Kier alpha value is -8.72. The Morgan fingerprint density at radius 3 is 1.21 bits per heavy atom. The SMILES string of the molecule is C=C(c1ccc(C)cc1)c1ccc(N(c2ccc(C)cc2)c2cc3c4cccc5cc6ccccc6c(c6cccc(c2N(c2ccc(C)cc2)c2ccc(C(=C)c7ccc(C)cc7)cc2)c36)c54)cc1. The highest BCUT2D eigenvalue weighted by atomic mass is 15.2. The molecule has 2 heteroatoms. The van der Waals surface area contributed by atoms with Crippen LogP contribution < -0.4 is 9.80 Å². The van der Waals surface area contributed by atoms with Crippen LogP contribution in [0.5, 0.6) is 0 Å². The maximum atomic E-state index is 4.58. The first-order chi connectivity index (χ1) is 34.2. The predicted molar refractivity (Wildman–Crippen MR) is 303 cm³/mol.